The fraction of sp³-hybridized carbons (Fsp3) is 0.182. The third-order valence-electron chi connectivity index (χ3n) is 2.39. The van der Waals surface area contributed by atoms with Gasteiger partial charge in [0.2, 0.25) is 0 Å². The molecule has 0 unspecified atom stereocenters. The normalized spacial score (nSPS) is 10.3. The molecule has 0 fully saturated rings. The summed E-state index contributed by atoms with van der Waals surface area (Å²) in [5, 5.41) is 16.8. The van der Waals surface area contributed by atoms with E-state index in [-0.39, 0.29) is 22.9 Å². The number of hydrogen-bond acceptors (Lipinski definition) is 6. The molecule has 0 aliphatic heterocycles. The molecule has 0 bridgehead atoms. The van der Waals surface area contributed by atoms with E-state index in [1.54, 1.807) is 13.0 Å². The summed E-state index contributed by atoms with van der Waals surface area (Å²) in [6.07, 6.45) is 0.986. The molecule has 0 aliphatic carbocycles. The first-order valence-corrected chi connectivity index (χ1v) is 5.85. The number of nitrogens with zero attached hydrogens (tertiary/aromatic N) is 3. The molecule has 8 nitrogen and oxygen atoms in total. The number of aryl methyl sites for hydroxylation is 1. The lowest BCUT2D eigenvalue weighted by molar-refractivity contribution is -0.385. The number of carbonyl (C=O) groups excluding carboxylic acids is 1. The second-order valence-electron chi connectivity index (χ2n) is 3.90. The second kappa shape index (κ2) is 5.66. The van der Waals surface area contributed by atoms with Crippen LogP contribution in [-0.2, 0) is 6.54 Å². The number of nitrogens with one attached hydrogen (secondary N) is 1. The van der Waals surface area contributed by atoms with Gasteiger partial charge in [0.05, 0.1) is 17.0 Å². The molecule has 104 valence electrons. The van der Waals surface area contributed by atoms with Gasteiger partial charge in [0.1, 0.15) is 22.8 Å². The number of rotatable bonds is 4. The Kier molecular flexibility index (Phi) is 3.94. The van der Waals surface area contributed by atoms with Crippen LogP contribution in [0.4, 0.5) is 5.69 Å². The zero-order chi connectivity index (χ0) is 14.7. The molecule has 2 aromatic heterocycles. The van der Waals surface area contributed by atoms with Crippen molar-refractivity contribution in [2.75, 3.05) is 0 Å². The number of halogens is 1. The Balaban J connectivity index is 2.12. The highest BCUT2D eigenvalue weighted by Crippen LogP contribution is 2.19. The average molecular weight is 297 g/mol. The van der Waals surface area contributed by atoms with Gasteiger partial charge in [-0.15, -0.1) is 0 Å². The molecular formula is C11H9ClN4O4. The molecule has 2 heterocycles. The van der Waals surface area contributed by atoms with Crippen LogP contribution >= 0.6 is 11.6 Å². The molecular weight excluding hydrogens is 288 g/mol. The maximum absolute atomic E-state index is 11.9. The van der Waals surface area contributed by atoms with E-state index in [2.05, 4.69) is 15.5 Å². The molecule has 0 radical (unpaired) electrons. The monoisotopic (exact) mass is 296 g/mol. The summed E-state index contributed by atoms with van der Waals surface area (Å²) < 4.78 is 4.85. The zero-order valence-corrected chi connectivity index (χ0v) is 11.0. The third-order valence-corrected chi connectivity index (χ3v) is 2.69. The Morgan fingerprint density at radius 2 is 2.30 bits per heavy atom. The topological polar surface area (TPSA) is 111 Å². The Hall–Kier alpha value is -2.48. The van der Waals surface area contributed by atoms with Crippen LogP contribution in [0.1, 0.15) is 21.8 Å². The van der Waals surface area contributed by atoms with Crippen molar-refractivity contribution < 1.29 is 14.2 Å². The fourth-order valence-electron chi connectivity index (χ4n) is 1.46. The van der Waals surface area contributed by atoms with Crippen molar-refractivity contribution in [3.63, 3.8) is 0 Å². The van der Waals surface area contributed by atoms with Crippen LogP contribution in [0.5, 0.6) is 0 Å². The van der Waals surface area contributed by atoms with Crippen LogP contribution in [0.15, 0.2) is 22.9 Å². The lowest BCUT2D eigenvalue weighted by atomic mass is 10.2. The van der Waals surface area contributed by atoms with Crippen molar-refractivity contribution in [2.24, 2.45) is 0 Å². The standard InChI is InChI=1S/C11H9ClN4O4/c1-6-2-7(15-20-6)4-14-11(17)9-3-8(16(18)19)5-13-10(9)12/h2-3,5H,4H2,1H3,(H,14,17). The van der Waals surface area contributed by atoms with E-state index in [1.165, 1.54) is 0 Å². The summed E-state index contributed by atoms with van der Waals surface area (Å²) in [7, 11) is 0. The van der Waals surface area contributed by atoms with E-state index < -0.39 is 10.8 Å². The number of aromatic nitrogens is 2. The number of pyridine rings is 1. The molecule has 0 aliphatic rings. The van der Waals surface area contributed by atoms with Gasteiger partial charge in [-0.05, 0) is 6.92 Å². The Morgan fingerprint density at radius 3 is 2.90 bits per heavy atom. The zero-order valence-electron chi connectivity index (χ0n) is 10.3. The highest BCUT2D eigenvalue weighted by atomic mass is 35.5. The van der Waals surface area contributed by atoms with Crippen molar-refractivity contribution in [1.82, 2.24) is 15.5 Å². The van der Waals surface area contributed by atoms with Gasteiger partial charge in [0.15, 0.2) is 0 Å². The Bertz CT molecular complexity index is 670. The summed E-state index contributed by atoms with van der Waals surface area (Å²) in [5.41, 5.74) is 0.156. The molecule has 2 rings (SSSR count). The summed E-state index contributed by atoms with van der Waals surface area (Å²) in [6.45, 7) is 1.84. The van der Waals surface area contributed by atoms with Crippen molar-refractivity contribution in [3.8, 4) is 0 Å². The minimum absolute atomic E-state index is 0.0684. The van der Waals surface area contributed by atoms with E-state index in [9.17, 15) is 14.9 Å². The molecule has 1 N–H and O–H groups in total. The van der Waals surface area contributed by atoms with Crippen LogP contribution in [0.25, 0.3) is 0 Å². The second-order valence-corrected chi connectivity index (χ2v) is 4.26. The number of hydrogen-bond donors (Lipinski definition) is 1. The molecule has 0 aromatic carbocycles. The van der Waals surface area contributed by atoms with Gasteiger partial charge in [-0.2, -0.15) is 0 Å². The van der Waals surface area contributed by atoms with Crippen LogP contribution in [0.2, 0.25) is 5.15 Å². The minimum atomic E-state index is -0.652. The van der Waals surface area contributed by atoms with Crippen molar-refractivity contribution in [2.45, 2.75) is 13.5 Å². The lowest BCUT2D eigenvalue weighted by Gasteiger charge is -2.04. The number of nitro groups is 1. The van der Waals surface area contributed by atoms with E-state index in [4.69, 9.17) is 16.1 Å². The van der Waals surface area contributed by atoms with Gasteiger partial charge in [0, 0.05) is 12.1 Å². The average Bonchev–Trinajstić information content (AvgIpc) is 2.82. The predicted molar refractivity (Wildman–Crippen MR) is 68.3 cm³/mol. The quantitative estimate of drug-likeness (QED) is 0.523. The Labute approximate surface area is 117 Å². The molecule has 0 atom stereocenters. The predicted octanol–water partition coefficient (Wildman–Crippen LogP) is 1.87. The summed E-state index contributed by atoms with van der Waals surface area (Å²) in [4.78, 5) is 25.5. The van der Waals surface area contributed by atoms with Crippen molar-refractivity contribution in [3.05, 3.63) is 50.6 Å². The maximum Gasteiger partial charge on any atom is 0.288 e. The van der Waals surface area contributed by atoms with Gasteiger partial charge >= 0.3 is 0 Å². The van der Waals surface area contributed by atoms with Crippen LogP contribution in [-0.4, -0.2) is 21.0 Å². The molecule has 0 spiro atoms. The first kappa shape index (κ1) is 13.9. The fourth-order valence-corrected chi connectivity index (χ4v) is 1.65. The molecule has 2 aromatic rings. The smallest absolute Gasteiger partial charge is 0.288 e. The summed E-state index contributed by atoms with van der Waals surface area (Å²) >= 11 is 5.75. The highest BCUT2D eigenvalue weighted by molar-refractivity contribution is 6.32. The van der Waals surface area contributed by atoms with Crippen molar-refractivity contribution in [1.29, 1.82) is 0 Å². The summed E-state index contributed by atoms with van der Waals surface area (Å²) in [6, 6.07) is 2.73. The van der Waals surface area contributed by atoms with Gasteiger partial charge in [-0.25, -0.2) is 4.98 Å². The first-order valence-electron chi connectivity index (χ1n) is 5.47. The third kappa shape index (κ3) is 3.09. The Morgan fingerprint density at radius 1 is 1.55 bits per heavy atom. The van der Waals surface area contributed by atoms with E-state index in [0.29, 0.717) is 11.5 Å². The van der Waals surface area contributed by atoms with Gasteiger partial charge in [0.25, 0.3) is 11.6 Å². The molecule has 9 heteroatoms. The molecule has 0 saturated heterocycles. The van der Waals surface area contributed by atoms with Gasteiger partial charge in [-0.3, -0.25) is 14.9 Å². The van der Waals surface area contributed by atoms with Gasteiger partial charge in [-0.1, -0.05) is 16.8 Å². The summed E-state index contributed by atoms with van der Waals surface area (Å²) in [5.74, 6) is 0.0381. The van der Waals surface area contributed by atoms with E-state index in [1.807, 2.05) is 0 Å². The highest BCUT2D eigenvalue weighted by Gasteiger charge is 2.17. The van der Waals surface area contributed by atoms with Crippen LogP contribution in [0.3, 0.4) is 0 Å². The largest absolute Gasteiger partial charge is 0.361 e. The first-order chi connectivity index (χ1) is 9.47. The van der Waals surface area contributed by atoms with E-state index in [0.717, 1.165) is 12.3 Å². The van der Waals surface area contributed by atoms with Crippen LogP contribution < -0.4 is 5.32 Å². The van der Waals surface area contributed by atoms with Gasteiger partial charge < -0.3 is 9.84 Å². The molecule has 20 heavy (non-hydrogen) atoms. The van der Waals surface area contributed by atoms with E-state index >= 15 is 0 Å². The molecule has 0 saturated carbocycles. The van der Waals surface area contributed by atoms with Crippen molar-refractivity contribution >= 4 is 23.2 Å². The number of carbonyl (C=O) groups is 1. The number of amides is 1. The SMILES string of the molecule is Cc1cc(CNC(=O)c2cc([N+](=O)[O-])cnc2Cl)no1. The lowest BCUT2D eigenvalue weighted by Crippen LogP contribution is -2.23. The minimum Gasteiger partial charge on any atom is -0.361 e. The molecule has 1 amide bonds. The maximum atomic E-state index is 11.9. The van der Waals surface area contributed by atoms with Crippen LogP contribution in [0, 0.1) is 17.0 Å².